The van der Waals surface area contributed by atoms with Gasteiger partial charge in [-0.2, -0.15) is 0 Å². The van der Waals surface area contributed by atoms with E-state index >= 15 is 0 Å². The molecule has 0 aliphatic rings. The molecule has 0 saturated carbocycles. The largest absolute Gasteiger partial charge is 0.0883 e. The molecule has 0 nitrogen and oxygen atoms in total. The van der Waals surface area contributed by atoms with Crippen LogP contribution in [0.5, 0.6) is 0 Å². The lowest BCUT2D eigenvalue weighted by molar-refractivity contribution is 0.629. The van der Waals surface area contributed by atoms with Crippen LogP contribution in [0.4, 0.5) is 0 Å². The van der Waals surface area contributed by atoms with E-state index in [1.165, 1.54) is 38.5 Å². The van der Waals surface area contributed by atoms with Crippen molar-refractivity contribution in [3.8, 4) is 0 Å². The zero-order valence-electron chi connectivity index (χ0n) is 8.97. The molecule has 12 heavy (non-hydrogen) atoms. The normalized spacial score (nSPS) is 13.9. The van der Waals surface area contributed by atoms with Gasteiger partial charge in [0.25, 0.3) is 0 Å². The number of unbranched alkanes of at least 4 members (excludes halogenated alkanes) is 3. The summed E-state index contributed by atoms with van der Waals surface area (Å²) in [6, 6.07) is 0. The number of allylic oxidation sites excluding steroid dienone is 2. The van der Waals surface area contributed by atoms with Crippen LogP contribution in [0.3, 0.4) is 0 Å². The molecule has 72 valence electrons. The van der Waals surface area contributed by atoms with Gasteiger partial charge < -0.3 is 0 Å². The second kappa shape index (κ2) is 8.83. The molecule has 0 aromatic rings. The first-order chi connectivity index (χ1) is 5.81. The maximum Gasteiger partial charge on any atom is -0.0262 e. The van der Waals surface area contributed by atoms with Crippen LogP contribution in [0, 0.1) is 5.92 Å². The van der Waals surface area contributed by atoms with Crippen molar-refractivity contribution in [1.29, 1.82) is 0 Å². The van der Waals surface area contributed by atoms with E-state index in [0.29, 0.717) is 0 Å². The molecule has 0 aliphatic carbocycles. The van der Waals surface area contributed by atoms with Gasteiger partial charge in [-0.15, -0.1) is 0 Å². The Bertz CT molecular complexity index is 103. The third-order valence-electron chi connectivity index (χ3n) is 2.18. The third kappa shape index (κ3) is 7.84. The lowest BCUT2D eigenvalue weighted by atomic mass is 10.0. The van der Waals surface area contributed by atoms with Crippen molar-refractivity contribution in [2.24, 2.45) is 5.92 Å². The smallest absolute Gasteiger partial charge is 0.0262 e. The van der Waals surface area contributed by atoms with Gasteiger partial charge in [0.1, 0.15) is 0 Å². The van der Waals surface area contributed by atoms with Gasteiger partial charge in [-0.1, -0.05) is 52.2 Å². The molecular weight excluding hydrogens is 144 g/mol. The minimum atomic E-state index is 0.789. The molecule has 0 heteroatoms. The predicted octanol–water partition coefficient (Wildman–Crippen LogP) is 4.56. The fourth-order valence-corrected chi connectivity index (χ4v) is 1.39. The zero-order chi connectivity index (χ0) is 9.23. The molecule has 0 fully saturated rings. The van der Waals surface area contributed by atoms with Gasteiger partial charge in [0.05, 0.1) is 0 Å². The molecule has 0 saturated heterocycles. The van der Waals surface area contributed by atoms with E-state index in [1.54, 1.807) is 0 Å². The molecule has 0 spiro atoms. The van der Waals surface area contributed by atoms with Crippen molar-refractivity contribution in [3.63, 3.8) is 0 Å². The lowest BCUT2D eigenvalue weighted by Crippen LogP contribution is -1.86. The van der Waals surface area contributed by atoms with Gasteiger partial charge in [-0.3, -0.25) is 0 Å². The topological polar surface area (TPSA) is 0 Å². The molecule has 0 heterocycles. The standard InChI is InChI=1S/C12H24/c1-4-6-7-8-9-11-12(3)10-5-2/h9,11-12H,4-8,10H2,1-3H3. The van der Waals surface area contributed by atoms with Crippen molar-refractivity contribution < 1.29 is 0 Å². The minimum Gasteiger partial charge on any atom is -0.0883 e. The minimum absolute atomic E-state index is 0.789. The molecule has 0 rings (SSSR count). The Balaban J connectivity index is 3.22. The summed E-state index contributed by atoms with van der Waals surface area (Å²) in [5.41, 5.74) is 0. The first-order valence-electron chi connectivity index (χ1n) is 5.47. The van der Waals surface area contributed by atoms with Gasteiger partial charge in [0.15, 0.2) is 0 Å². The molecule has 0 N–H and O–H groups in total. The van der Waals surface area contributed by atoms with E-state index in [1.807, 2.05) is 0 Å². The van der Waals surface area contributed by atoms with Gasteiger partial charge in [-0.25, -0.2) is 0 Å². The van der Waals surface area contributed by atoms with E-state index in [4.69, 9.17) is 0 Å². The molecule has 0 bridgehead atoms. The predicted molar refractivity (Wildman–Crippen MR) is 57.4 cm³/mol. The summed E-state index contributed by atoms with van der Waals surface area (Å²) in [6.45, 7) is 6.81. The Morgan fingerprint density at radius 1 is 1.08 bits per heavy atom. The number of hydrogen-bond acceptors (Lipinski definition) is 0. The highest BCUT2D eigenvalue weighted by molar-refractivity contribution is 4.85. The second-order valence-electron chi connectivity index (χ2n) is 3.69. The SMILES string of the molecule is CCCCCC=CC(C)CCC. The van der Waals surface area contributed by atoms with Crippen molar-refractivity contribution in [2.45, 2.75) is 59.3 Å². The Labute approximate surface area is 78.1 Å². The highest BCUT2D eigenvalue weighted by Gasteiger charge is 1.92. The molecule has 0 aromatic heterocycles. The van der Waals surface area contributed by atoms with Crippen LogP contribution < -0.4 is 0 Å². The van der Waals surface area contributed by atoms with Crippen LogP contribution in [0.1, 0.15) is 59.3 Å². The Morgan fingerprint density at radius 3 is 2.42 bits per heavy atom. The van der Waals surface area contributed by atoms with Crippen molar-refractivity contribution in [1.82, 2.24) is 0 Å². The summed E-state index contributed by atoms with van der Waals surface area (Å²) in [5.74, 6) is 0.789. The van der Waals surface area contributed by atoms with E-state index in [-0.39, 0.29) is 0 Å². The summed E-state index contributed by atoms with van der Waals surface area (Å²) >= 11 is 0. The Morgan fingerprint density at radius 2 is 1.83 bits per heavy atom. The summed E-state index contributed by atoms with van der Waals surface area (Å²) < 4.78 is 0. The van der Waals surface area contributed by atoms with Crippen LogP contribution in [-0.4, -0.2) is 0 Å². The average molecular weight is 168 g/mol. The van der Waals surface area contributed by atoms with Crippen LogP contribution >= 0.6 is 0 Å². The maximum absolute atomic E-state index is 2.37. The average Bonchev–Trinajstić information content (AvgIpc) is 2.05. The van der Waals surface area contributed by atoms with Gasteiger partial charge in [-0.05, 0) is 25.2 Å². The van der Waals surface area contributed by atoms with Crippen LogP contribution in [0.25, 0.3) is 0 Å². The van der Waals surface area contributed by atoms with Crippen LogP contribution in [0.2, 0.25) is 0 Å². The molecule has 1 atom stereocenters. The monoisotopic (exact) mass is 168 g/mol. The number of hydrogen-bond donors (Lipinski definition) is 0. The fraction of sp³-hybridized carbons (Fsp3) is 0.833. The van der Waals surface area contributed by atoms with E-state index in [2.05, 4.69) is 32.9 Å². The fourth-order valence-electron chi connectivity index (χ4n) is 1.39. The van der Waals surface area contributed by atoms with Gasteiger partial charge >= 0.3 is 0 Å². The van der Waals surface area contributed by atoms with Crippen molar-refractivity contribution in [2.75, 3.05) is 0 Å². The summed E-state index contributed by atoms with van der Waals surface area (Å²) in [6.07, 6.45) is 12.7. The van der Waals surface area contributed by atoms with Crippen molar-refractivity contribution in [3.05, 3.63) is 12.2 Å². The summed E-state index contributed by atoms with van der Waals surface area (Å²) in [7, 11) is 0. The van der Waals surface area contributed by atoms with Gasteiger partial charge in [0, 0.05) is 0 Å². The molecular formula is C12H24. The van der Waals surface area contributed by atoms with E-state index in [0.717, 1.165) is 5.92 Å². The summed E-state index contributed by atoms with van der Waals surface area (Å²) in [5, 5.41) is 0. The molecule has 0 amide bonds. The van der Waals surface area contributed by atoms with Crippen LogP contribution in [-0.2, 0) is 0 Å². The van der Waals surface area contributed by atoms with Crippen LogP contribution in [0.15, 0.2) is 12.2 Å². The highest BCUT2D eigenvalue weighted by atomic mass is 14.0. The van der Waals surface area contributed by atoms with Crippen molar-refractivity contribution >= 4 is 0 Å². The quantitative estimate of drug-likeness (QED) is 0.386. The first kappa shape index (κ1) is 11.7. The van der Waals surface area contributed by atoms with E-state index in [9.17, 15) is 0 Å². The molecule has 1 unspecified atom stereocenters. The molecule has 0 radical (unpaired) electrons. The maximum atomic E-state index is 2.37. The Kier molecular flexibility index (Phi) is 8.64. The molecule has 0 aromatic carbocycles. The van der Waals surface area contributed by atoms with Gasteiger partial charge in [0.2, 0.25) is 0 Å². The highest BCUT2D eigenvalue weighted by Crippen LogP contribution is 2.08. The Hall–Kier alpha value is -0.260. The van der Waals surface area contributed by atoms with E-state index < -0.39 is 0 Å². The second-order valence-corrected chi connectivity index (χ2v) is 3.69. The lowest BCUT2D eigenvalue weighted by Gasteiger charge is -2.01. The molecule has 0 aliphatic heterocycles. The first-order valence-corrected chi connectivity index (χ1v) is 5.47. The summed E-state index contributed by atoms with van der Waals surface area (Å²) in [4.78, 5) is 0. The zero-order valence-corrected chi connectivity index (χ0v) is 8.97. The number of rotatable bonds is 7. The third-order valence-corrected chi connectivity index (χ3v) is 2.18.